The number of fused-ring (bicyclic) bond motifs is 1. The number of hydrogen-bond acceptors (Lipinski definition) is 6. The Morgan fingerprint density at radius 2 is 1.98 bits per heavy atom. The molecule has 3 unspecified atom stereocenters. The molecule has 0 radical (unpaired) electrons. The van der Waals surface area contributed by atoms with Gasteiger partial charge in [0.1, 0.15) is 11.6 Å². The summed E-state index contributed by atoms with van der Waals surface area (Å²) in [5.74, 6) is -3.07. The standard InChI is InChI=1S/C30H32BrClN2O6/c1-3-14-33(20-12-10-19(32)11-13-20)28(37)26-30-16-22(31)25(40-30)23(29(38)39-4-2)24(30)27(36)34(26)21(17-35)15-18-8-6-5-7-9-18/h3,5-13,21-26,35H,1,4,14-17H2,2H3/t21-,22?,23+,24+,25+,26?,30?/m1/s1. The Morgan fingerprint density at radius 1 is 1.27 bits per heavy atom. The number of halogens is 2. The molecule has 40 heavy (non-hydrogen) atoms. The van der Waals surface area contributed by atoms with Gasteiger partial charge in [0.25, 0.3) is 5.91 Å². The first-order valence-corrected chi connectivity index (χ1v) is 14.7. The van der Waals surface area contributed by atoms with Crippen LogP contribution in [0.5, 0.6) is 0 Å². The topological polar surface area (TPSA) is 96.4 Å². The molecule has 5 rings (SSSR count). The van der Waals surface area contributed by atoms with Crippen LogP contribution in [0.2, 0.25) is 5.02 Å². The van der Waals surface area contributed by atoms with E-state index in [1.807, 2.05) is 30.3 Å². The summed E-state index contributed by atoms with van der Waals surface area (Å²) >= 11 is 9.78. The summed E-state index contributed by atoms with van der Waals surface area (Å²) in [4.78, 5) is 45.0. The molecule has 3 fully saturated rings. The average Bonchev–Trinajstić information content (AvgIpc) is 3.54. The molecule has 2 amide bonds. The Balaban J connectivity index is 1.62. The number of aliphatic hydroxyl groups is 1. The Labute approximate surface area is 247 Å². The van der Waals surface area contributed by atoms with Gasteiger partial charge in [-0.1, -0.05) is 63.9 Å². The Bertz CT molecular complexity index is 1280. The second kappa shape index (κ2) is 11.6. The molecule has 2 bridgehead atoms. The maximum atomic E-state index is 14.6. The van der Waals surface area contributed by atoms with E-state index in [1.165, 1.54) is 4.90 Å². The van der Waals surface area contributed by atoms with Gasteiger partial charge in [-0.05, 0) is 49.6 Å². The van der Waals surface area contributed by atoms with Gasteiger partial charge in [0, 0.05) is 22.1 Å². The highest BCUT2D eigenvalue weighted by atomic mass is 79.9. The highest BCUT2D eigenvalue weighted by molar-refractivity contribution is 9.09. The molecule has 0 aliphatic carbocycles. The molecule has 3 saturated heterocycles. The summed E-state index contributed by atoms with van der Waals surface area (Å²) in [5, 5.41) is 11.1. The first-order valence-electron chi connectivity index (χ1n) is 13.4. The van der Waals surface area contributed by atoms with E-state index in [4.69, 9.17) is 21.1 Å². The lowest BCUT2D eigenvalue weighted by molar-refractivity contribution is -0.155. The fourth-order valence-corrected chi connectivity index (χ4v) is 7.67. The monoisotopic (exact) mass is 630 g/mol. The van der Waals surface area contributed by atoms with Crippen LogP contribution in [-0.4, -0.2) is 76.2 Å². The van der Waals surface area contributed by atoms with Gasteiger partial charge >= 0.3 is 5.97 Å². The van der Waals surface area contributed by atoms with Crippen molar-refractivity contribution in [1.29, 1.82) is 0 Å². The van der Waals surface area contributed by atoms with Crippen molar-refractivity contribution in [3.63, 3.8) is 0 Å². The van der Waals surface area contributed by atoms with Crippen LogP contribution in [0, 0.1) is 11.8 Å². The largest absolute Gasteiger partial charge is 0.466 e. The lowest BCUT2D eigenvalue weighted by Crippen LogP contribution is -2.59. The van der Waals surface area contributed by atoms with Gasteiger partial charge in [0.05, 0.1) is 37.2 Å². The van der Waals surface area contributed by atoms with E-state index >= 15 is 0 Å². The molecule has 2 aromatic rings. The maximum absolute atomic E-state index is 14.6. The third-order valence-corrected chi connectivity index (χ3v) is 9.25. The molecule has 2 aromatic carbocycles. The van der Waals surface area contributed by atoms with Crippen LogP contribution in [0.1, 0.15) is 18.9 Å². The van der Waals surface area contributed by atoms with Crippen molar-refractivity contribution in [2.75, 3.05) is 24.7 Å². The van der Waals surface area contributed by atoms with E-state index in [9.17, 15) is 19.5 Å². The Kier molecular flexibility index (Phi) is 8.38. The van der Waals surface area contributed by atoms with E-state index in [2.05, 4.69) is 22.5 Å². The van der Waals surface area contributed by atoms with E-state index < -0.39 is 41.6 Å². The van der Waals surface area contributed by atoms with Crippen molar-refractivity contribution in [3.8, 4) is 0 Å². The predicted octanol–water partition coefficient (Wildman–Crippen LogP) is 3.77. The lowest BCUT2D eigenvalue weighted by atomic mass is 9.70. The highest BCUT2D eigenvalue weighted by Crippen LogP contribution is 2.60. The first kappa shape index (κ1) is 28.8. The summed E-state index contributed by atoms with van der Waals surface area (Å²) in [5.41, 5.74) is 0.205. The number of anilines is 1. The van der Waals surface area contributed by atoms with Crippen LogP contribution < -0.4 is 4.90 Å². The number of carbonyl (C=O) groups is 3. The van der Waals surface area contributed by atoms with Crippen molar-refractivity contribution in [2.24, 2.45) is 11.8 Å². The number of hydrogen-bond donors (Lipinski definition) is 1. The summed E-state index contributed by atoms with van der Waals surface area (Å²) < 4.78 is 11.9. The summed E-state index contributed by atoms with van der Waals surface area (Å²) in [6.07, 6.45) is 1.67. The van der Waals surface area contributed by atoms with E-state index in [1.54, 1.807) is 42.2 Å². The van der Waals surface area contributed by atoms with Gasteiger partial charge < -0.3 is 24.4 Å². The van der Waals surface area contributed by atoms with Gasteiger partial charge in [-0.2, -0.15) is 0 Å². The Hall–Kier alpha value is -2.72. The third-order valence-electron chi connectivity index (χ3n) is 8.15. The zero-order chi connectivity index (χ0) is 28.6. The number of aliphatic hydroxyl groups excluding tert-OH is 1. The second-order valence-corrected chi connectivity index (χ2v) is 12.0. The quantitative estimate of drug-likeness (QED) is 0.244. The second-order valence-electron chi connectivity index (χ2n) is 10.4. The number of benzene rings is 2. The molecule has 1 spiro atoms. The van der Waals surface area contributed by atoms with Gasteiger partial charge in [-0.25, -0.2) is 0 Å². The molecule has 3 aliphatic heterocycles. The molecule has 3 heterocycles. The number of likely N-dealkylation sites (tertiary alicyclic amines) is 1. The summed E-state index contributed by atoms with van der Waals surface area (Å²) in [7, 11) is 0. The van der Waals surface area contributed by atoms with Crippen molar-refractivity contribution in [3.05, 3.63) is 77.8 Å². The van der Waals surface area contributed by atoms with Crippen LogP contribution in [0.3, 0.4) is 0 Å². The fraction of sp³-hybridized carbons (Fsp3) is 0.433. The smallest absolute Gasteiger partial charge is 0.312 e. The van der Waals surface area contributed by atoms with Crippen LogP contribution in [0.15, 0.2) is 67.3 Å². The van der Waals surface area contributed by atoms with Crippen molar-refractivity contribution in [2.45, 2.75) is 48.4 Å². The van der Waals surface area contributed by atoms with Crippen LogP contribution in [0.25, 0.3) is 0 Å². The fourth-order valence-electron chi connectivity index (χ4n) is 6.61. The van der Waals surface area contributed by atoms with Crippen LogP contribution in [-0.2, 0) is 30.3 Å². The van der Waals surface area contributed by atoms with Gasteiger partial charge in [-0.3, -0.25) is 14.4 Å². The number of esters is 1. The summed E-state index contributed by atoms with van der Waals surface area (Å²) in [6, 6.07) is 14.5. The minimum absolute atomic E-state index is 0.159. The molecular formula is C30H32BrClN2O6. The number of alkyl halides is 1. The lowest BCUT2D eigenvalue weighted by Gasteiger charge is -2.39. The predicted molar refractivity (Wildman–Crippen MR) is 154 cm³/mol. The minimum atomic E-state index is -1.28. The minimum Gasteiger partial charge on any atom is -0.466 e. The molecular weight excluding hydrogens is 600 g/mol. The van der Waals surface area contributed by atoms with Crippen molar-refractivity contribution >= 4 is 51.0 Å². The van der Waals surface area contributed by atoms with Crippen molar-refractivity contribution in [1.82, 2.24) is 4.90 Å². The molecule has 3 aliphatic rings. The Morgan fingerprint density at radius 3 is 2.60 bits per heavy atom. The van der Waals surface area contributed by atoms with E-state index in [0.717, 1.165) is 5.56 Å². The summed E-state index contributed by atoms with van der Waals surface area (Å²) in [6.45, 7) is 5.50. The normalized spacial score (nSPS) is 29.2. The third kappa shape index (κ3) is 4.76. The molecule has 0 aromatic heterocycles. The van der Waals surface area contributed by atoms with E-state index in [0.29, 0.717) is 23.6 Å². The van der Waals surface area contributed by atoms with Crippen LogP contribution in [0.4, 0.5) is 5.69 Å². The molecule has 0 saturated carbocycles. The number of carbonyl (C=O) groups excluding carboxylic acids is 3. The molecule has 1 N–H and O–H groups in total. The molecule has 8 nitrogen and oxygen atoms in total. The zero-order valence-electron chi connectivity index (χ0n) is 22.1. The number of ether oxygens (including phenoxy) is 2. The van der Waals surface area contributed by atoms with Crippen LogP contribution >= 0.6 is 27.5 Å². The number of rotatable bonds is 10. The molecule has 212 valence electrons. The molecule has 10 heteroatoms. The van der Waals surface area contributed by atoms with Gasteiger partial charge in [0.2, 0.25) is 5.91 Å². The number of amides is 2. The SMILES string of the molecule is C=CCN(C(=O)C1N([C@@H](CO)Cc2ccccc2)C(=O)[C@@H]2[C@H](C(=O)OCC)[C@H]3OC12CC3Br)c1ccc(Cl)cc1. The van der Waals surface area contributed by atoms with E-state index in [-0.39, 0.29) is 36.4 Å². The molecule has 7 atom stereocenters. The van der Waals surface area contributed by atoms with Gasteiger partial charge in [0.15, 0.2) is 0 Å². The average molecular weight is 632 g/mol. The maximum Gasteiger partial charge on any atom is 0.312 e. The first-order chi connectivity index (χ1) is 19.3. The highest BCUT2D eigenvalue weighted by Gasteiger charge is 2.77. The zero-order valence-corrected chi connectivity index (χ0v) is 24.5. The van der Waals surface area contributed by atoms with Crippen molar-refractivity contribution < 1.29 is 29.0 Å². The number of nitrogens with zero attached hydrogens (tertiary/aromatic N) is 2. The van der Waals surface area contributed by atoms with Gasteiger partial charge in [-0.15, -0.1) is 6.58 Å².